The van der Waals surface area contributed by atoms with Gasteiger partial charge in [0.05, 0.1) is 5.70 Å². The van der Waals surface area contributed by atoms with Gasteiger partial charge in [-0.1, -0.05) is 158 Å². The van der Waals surface area contributed by atoms with Crippen LogP contribution in [0.2, 0.25) is 0 Å². The molecule has 2 heteroatoms. The fourth-order valence-corrected chi connectivity index (χ4v) is 8.14. The molecule has 0 saturated carbocycles. The Hall–Kier alpha value is -7.34. The third-order valence-electron chi connectivity index (χ3n) is 11.2. The molecule has 0 unspecified atom stereocenters. The van der Waals surface area contributed by atoms with Crippen LogP contribution in [0.5, 0.6) is 0 Å². The zero-order chi connectivity index (χ0) is 39.3. The summed E-state index contributed by atoms with van der Waals surface area (Å²) in [5, 5.41) is 7.68. The highest BCUT2D eigenvalue weighted by molar-refractivity contribution is 6.25. The number of pyridine rings is 1. The first kappa shape index (κ1) is 36.3. The average molecular weight is 743 g/mol. The third kappa shape index (κ3) is 7.47. The molecule has 0 aliphatic carbocycles. The second kappa shape index (κ2) is 16.4. The normalized spacial score (nSPS) is 16.6. The molecule has 8 aromatic rings. The smallest absolute Gasteiger partial charge is 0.0718 e. The second-order valence-corrected chi connectivity index (χ2v) is 14.8. The topological polar surface area (TPSA) is 25.2 Å². The van der Waals surface area contributed by atoms with Crippen molar-refractivity contribution < 1.29 is 0 Å². The fourth-order valence-electron chi connectivity index (χ4n) is 8.14. The highest BCUT2D eigenvalue weighted by Crippen LogP contribution is 2.37. The van der Waals surface area contributed by atoms with E-state index in [0.717, 1.165) is 64.1 Å². The van der Waals surface area contributed by atoms with E-state index in [2.05, 4.69) is 188 Å². The molecule has 0 N–H and O–H groups in total. The summed E-state index contributed by atoms with van der Waals surface area (Å²) in [7, 11) is 0. The van der Waals surface area contributed by atoms with Crippen molar-refractivity contribution in [2.45, 2.75) is 26.2 Å². The fraction of sp³-hybridized carbons (Fsp3) is 0.0714. The summed E-state index contributed by atoms with van der Waals surface area (Å²) in [6, 6.07) is 56.6. The Balaban J connectivity index is 1.11. The van der Waals surface area contributed by atoms with Crippen molar-refractivity contribution in [3.63, 3.8) is 0 Å². The van der Waals surface area contributed by atoms with Crippen LogP contribution in [-0.2, 0) is 0 Å². The van der Waals surface area contributed by atoms with Gasteiger partial charge in [0, 0.05) is 23.7 Å². The van der Waals surface area contributed by atoms with Gasteiger partial charge in [-0.05, 0) is 139 Å². The minimum atomic E-state index is 0.828. The summed E-state index contributed by atoms with van der Waals surface area (Å²) >= 11 is 0. The van der Waals surface area contributed by atoms with Crippen molar-refractivity contribution in [1.29, 1.82) is 0 Å². The van der Waals surface area contributed by atoms with Gasteiger partial charge in [0.2, 0.25) is 0 Å². The van der Waals surface area contributed by atoms with Gasteiger partial charge in [0.25, 0.3) is 0 Å². The summed E-state index contributed by atoms with van der Waals surface area (Å²) in [4.78, 5) is 9.85. The molecular weight excluding hydrogens is 701 g/mol. The number of hydrogen-bond donors (Lipinski definition) is 0. The third-order valence-corrected chi connectivity index (χ3v) is 11.2. The Kier molecular flexibility index (Phi) is 10.3. The number of aliphatic imine (C=N–C) groups is 1. The summed E-state index contributed by atoms with van der Waals surface area (Å²) < 4.78 is 0. The number of hydrogen-bond acceptors (Lipinski definition) is 2. The average Bonchev–Trinajstić information content (AvgIpc) is 3.40. The minimum absolute atomic E-state index is 0.828. The van der Waals surface area contributed by atoms with E-state index < -0.39 is 0 Å². The van der Waals surface area contributed by atoms with Crippen LogP contribution in [0.1, 0.15) is 42.9 Å². The lowest BCUT2D eigenvalue weighted by Crippen LogP contribution is -2.03. The minimum Gasteiger partial charge on any atom is -0.264 e. The molecule has 1 aromatic heterocycles. The monoisotopic (exact) mass is 742 g/mol. The van der Waals surface area contributed by atoms with Crippen LogP contribution < -0.4 is 0 Å². The van der Waals surface area contributed by atoms with Gasteiger partial charge in [-0.25, -0.2) is 0 Å². The van der Waals surface area contributed by atoms with Gasteiger partial charge in [0.15, 0.2) is 0 Å². The molecule has 1 aliphatic rings. The number of fused-ring (bicyclic) bond motifs is 6. The molecule has 9 rings (SSSR count). The lowest BCUT2D eigenvalue weighted by Gasteiger charge is -2.13. The molecule has 58 heavy (non-hydrogen) atoms. The van der Waals surface area contributed by atoms with Crippen LogP contribution >= 0.6 is 0 Å². The predicted molar refractivity (Wildman–Crippen MR) is 248 cm³/mol. The van der Waals surface area contributed by atoms with E-state index in [-0.39, 0.29) is 0 Å². The molecule has 0 atom stereocenters. The van der Waals surface area contributed by atoms with E-state index in [0.29, 0.717) is 0 Å². The standard InChI is InChI=1S/C56H42N2/c1-3-14-47(35-39(2)48-18-13-34-57-38-48)56-37-45(42-26-24-41(25-27-42)40-15-5-4-6-16-40)17-7-12-23-55(58-56)44-30-28-43(29-31-44)46-32-33-53-51-21-9-8-19-49(51)50-20-10-11-22-52(50)54(53)36-46/h1,4-6,8-11,13-22,24-38H,7,12,23H2,2H3/b39-35+,45-17+,47-14+,56-37-,58-55+. The van der Waals surface area contributed by atoms with Crippen LogP contribution in [0.4, 0.5) is 0 Å². The van der Waals surface area contributed by atoms with Gasteiger partial charge in [-0.3, -0.25) is 9.98 Å². The van der Waals surface area contributed by atoms with Crippen LogP contribution in [0.25, 0.3) is 65.7 Å². The lowest BCUT2D eigenvalue weighted by atomic mass is 9.92. The maximum absolute atomic E-state index is 6.02. The van der Waals surface area contributed by atoms with Gasteiger partial charge in [-0.2, -0.15) is 0 Å². The van der Waals surface area contributed by atoms with Gasteiger partial charge >= 0.3 is 0 Å². The molecule has 2 heterocycles. The van der Waals surface area contributed by atoms with E-state index in [1.807, 2.05) is 18.3 Å². The molecule has 0 radical (unpaired) electrons. The number of rotatable bonds is 7. The molecule has 0 spiro atoms. The second-order valence-electron chi connectivity index (χ2n) is 14.8. The summed E-state index contributed by atoms with van der Waals surface area (Å²) in [5.41, 5.74) is 13.0. The Bertz CT molecular complexity index is 2950. The molecule has 1 aliphatic heterocycles. The van der Waals surface area contributed by atoms with Gasteiger partial charge < -0.3 is 0 Å². The Morgan fingerprint density at radius 3 is 1.81 bits per heavy atom. The molecule has 2 nitrogen and oxygen atoms in total. The molecule has 0 saturated heterocycles. The van der Waals surface area contributed by atoms with Crippen LogP contribution in [0, 0.1) is 12.3 Å². The highest BCUT2D eigenvalue weighted by atomic mass is 14.8. The Morgan fingerprint density at radius 1 is 0.586 bits per heavy atom. The zero-order valence-corrected chi connectivity index (χ0v) is 32.6. The van der Waals surface area contributed by atoms with Crippen molar-refractivity contribution in [1.82, 2.24) is 4.98 Å². The van der Waals surface area contributed by atoms with E-state index >= 15 is 0 Å². The van der Waals surface area contributed by atoms with Crippen molar-refractivity contribution in [2.75, 3.05) is 0 Å². The number of allylic oxidation sites excluding steroid dienone is 6. The number of terminal acetylenes is 1. The first-order chi connectivity index (χ1) is 28.6. The lowest BCUT2D eigenvalue weighted by molar-refractivity contribution is 0.895. The molecule has 0 fully saturated rings. The van der Waals surface area contributed by atoms with Crippen molar-refractivity contribution in [3.05, 3.63) is 222 Å². The van der Waals surface area contributed by atoms with Crippen molar-refractivity contribution in [3.8, 4) is 34.6 Å². The summed E-state index contributed by atoms with van der Waals surface area (Å²) in [6.07, 6.45) is 20.9. The Morgan fingerprint density at radius 2 is 1.16 bits per heavy atom. The van der Waals surface area contributed by atoms with Crippen LogP contribution in [0.3, 0.4) is 0 Å². The van der Waals surface area contributed by atoms with Crippen molar-refractivity contribution >= 4 is 49.2 Å². The number of nitrogens with zero attached hydrogens (tertiary/aromatic N) is 2. The van der Waals surface area contributed by atoms with E-state index in [9.17, 15) is 0 Å². The SMILES string of the molecule is C#C/C=C(\C=C(/C)c1cccnc1)C1=C/C(c2ccc(-c3ccccc3)cc2)=C\CCC/C(c2ccc(-c3ccc4c5ccccc5c5ccccc5c4c3)cc2)=N\1. The highest BCUT2D eigenvalue weighted by Gasteiger charge is 2.15. The van der Waals surface area contributed by atoms with Gasteiger partial charge in [0.1, 0.15) is 0 Å². The van der Waals surface area contributed by atoms with E-state index in [1.165, 1.54) is 54.6 Å². The largest absolute Gasteiger partial charge is 0.264 e. The van der Waals surface area contributed by atoms with Crippen LogP contribution in [0.15, 0.2) is 211 Å². The quantitative estimate of drug-likeness (QED) is 0.0907. The first-order valence-corrected chi connectivity index (χ1v) is 20.0. The maximum atomic E-state index is 6.02. The molecule has 0 amide bonds. The molecule has 0 bridgehead atoms. The summed E-state index contributed by atoms with van der Waals surface area (Å²) in [5.74, 6) is 2.82. The van der Waals surface area contributed by atoms with Crippen LogP contribution in [-0.4, -0.2) is 10.7 Å². The van der Waals surface area contributed by atoms with E-state index in [1.54, 1.807) is 6.20 Å². The number of aromatic nitrogens is 1. The van der Waals surface area contributed by atoms with Gasteiger partial charge in [-0.15, -0.1) is 6.42 Å². The van der Waals surface area contributed by atoms with Crippen molar-refractivity contribution in [2.24, 2.45) is 4.99 Å². The molecular formula is C56H42N2. The predicted octanol–water partition coefficient (Wildman–Crippen LogP) is 14.5. The zero-order valence-electron chi connectivity index (χ0n) is 32.6. The maximum Gasteiger partial charge on any atom is 0.0718 e. The summed E-state index contributed by atoms with van der Waals surface area (Å²) in [6.45, 7) is 2.09. The first-order valence-electron chi connectivity index (χ1n) is 20.0. The molecule has 7 aromatic carbocycles. The Labute approximate surface area is 341 Å². The van der Waals surface area contributed by atoms with E-state index in [4.69, 9.17) is 11.4 Å². The number of benzene rings is 7. The molecule has 276 valence electrons.